The van der Waals surface area contributed by atoms with Crippen molar-refractivity contribution in [3.05, 3.63) is 35.1 Å². The van der Waals surface area contributed by atoms with E-state index in [4.69, 9.17) is 21.1 Å². The maximum absolute atomic E-state index is 5.81. The molecule has 0 spiro atoms. The molecule has 1 heterocycles. The number of hydrogen-bond donors (Lipinski definition) is 1. The fraction of sp³-hybridized carbons (Fsp3) is 0.308. The van der Waals surface area contributed by atoms with Gasteiger partial charge < -0.3 is 14.8 Å². The first-order chi connectivity index (χ1) is 9.71. The second kappa shape index (κ2) is 6.91. The van der Waals surface area contributed by atoms with E-state index in [9.17, 15) is 0 Å². The highest BCUT2D eigenvalue weighted by Crippen LogP contribution is 2.15. The Morgan fingerprint density at radius 1 is 1.15 bits per heavy atom. The molecule has 0 fully saturated rings. The fourth-order valence-electron chi connectivity index (χ4n) is 1.50. The van der Waals surface area contributed by atoms with E-state index in [1.54, 1.807) is 7.11 Å². The summed E-state index contributed by atoms with van der Waals surface area (Å²) >= 11 is 5.81. The van der Waals surface area contributed by atoms with Crippen molar-refractivity contribution in [2.45, 2.75) is 13.5 Å². The van der Waals surface area contributed by atoms with Crippen LogP contribution in [0.2, 0.25) is 5.28 Å². The van der Waals surface area contributed by atoms with Crippen molar-refractivity contribution in [2.75, 3.05) is 19.0 Å². The Labute approximate surface area is 122 Å². The predicted octanol–water partition coefficient (Wildman–Crippen LogP) is 2.54. The number of aromatic nitrogens is 3. The highest BCUT2D eigenvalue weighted by Gasteiger charge is 2.05. The second-order valence-corrected chi connectivity index (χ2v) is 4.22. The number of anilines is 1. The van der Waals surface area contributed by atoms with Gasteiger partial charge in [0.25, 0.3) is 0 Å². The Bertz CT molecular complexity index is 563. The lowest BCUT2D eigenvalue weighted by molar-refractivity contribution is 0.280. The minimum atomic E-state index is 0.0979. The van der Waals surface area contributed by atoms with Crippen molar-refractivity contribution >= 4 is 17.5 Å². The van der Waals surface area contributed by atoms with E-state index in [1.165, 1.54) is 0 Å². The molecule has 0 aliphatic heterocycles. The molecule has 20 heavy (non-hydrogen) atoms. The largest absolute Gasteiger partial charge is 0.497 e. The van der Waals surface area contributed by atoms with Gasteiger partial charge in [0.1, 0.15) is 12.4 Å². The molecular weight excluding hydrogens is 280 g/mol. The van der Waals surface area contributed by atoms with E-state index in [0.29, 0.717) is 19.1 Å². The van der Waals surface area contributed by atoms with Gasteiger partial charge >= 0.3 is 6.01 Å². The SMILES string of the molecule is CCNc1nc(Cl)nc(OCc2ccc(OC)cc2)n1. The van der Waals surface area contributed by atoms with E-state index < -0.39 is 0 Å². The monoisotopic (exact) mass is 294 g/mol. The first-order valence-electron chi connectivity index (χ1n) is 6.12. The quantitative estimate of drug-likeness (QED) is 0.883. The van der Waals surface area contributed by atoms with Crippen LogP contribution >= 0.6 is 11.6 Å². The minimum Gasteiger partial charge on any atom is -0.497 e. The molecule has 1 N–H and O–H groups in total. The van der Waals surface area contributed by atoms with Gasteiger partial charge in [-0.25, -0.2) is 0 Å². The Hall–Kier alpha value is -2.08. The van der Waals surface area contributed by atoms with Crippen molar-refractivity contribution in [3.63, 3.8) is 0 Å². The predicted molar refractivity (Wildman–Crippen MR) is 76.3 cm³/mol. The molecule has 2 rings (SSSR count). The minimum absolute atomic E-state index is 0.0979. The molecule has 0 bridgehead atoms. The van der Waals surface area contributed by atoms with Crippen LogP contribution < -0.4 is 14.8 Å². The summed E-state index contributed by atoms with van der Waals surface area (Å²) < 4.78 is 10.6. The van der Waals surface area contributed by atoms with E-state index in [-0.39, 0.29) is 11.3 Å². The molecule has 0 amide bonds. The normalized spacial score (nSPS) is 10.2. The first kappa shape index (κ1) is 14.3. The summed E-state index contributed by atoms with van der Waals surface area (Å²) in [5.41, 5.74) is 0.979. The number of halogens is 1. The molecule has 0 saturated carbocycles. The summed E-state index contributed by atoms with van der Waals surface area (Å²) in [5, 5.41) is 3.06. The first-order valence-corrected chi connectivity index (χ1v) is 6.50. The fourth-order valence-corrected chi connectivity index (χ4v) is 1.66. The van der Waals surface area contributed by atoms with Crippen molar-refractivity contribution < 1.29 is 9.47 Å². The van der Waals surface area contributed by atoms with Crippen LogP contribution in [-0.2, 0) is 6.61 Å². The van der Waals surface area contributed by atoms with Gasteiger partial charge in [-0.3, -0.25) is 0 Å². The maximum atomic E-state index is 5.81. The van der Waals surface area contributed by atoms with Crippen LogP contribution in [0.25, 0.3) is 0 Å². The van der Waals surface area contributed by atoms with Gasteiger partial charge in [0.05, 0.1) is 7.11 Å². The average Bonchev–Trinajstić information content (AvgIpc) is 2.45. The van der Waals surface area contributed by atoms with Crippen LogP contribution in [0.1, 0.15) is 12.5 Å². The molecule has 0 atom stereocenters. The lowest BCUT2D eigenvalue weighted by atomic mass is 10.2. The molecule has 6 nitrogen and oxygen atoms in total. The summed E-state index contributed by atoms with van der Waals surface area (Å²) in [4.78, 5) is 12.0. The van der Waals surface area contributed by atoms with Crippen molar-refractivity contribution in [3.8, 4) is 11.8 Å². The molecule has 7 heteroatoms. The van der Waals surface area contributed by atoms with Gasteiger partial charge in [-0.1, -0.05) is 12.1 Å². The van der Waals surface area contributed by atoms with E-state index in [0.717, 1.165) is 11.3 Å². The summed E-state index contributed by atoms with van der Waals surface area (Å²) in [6.45, 7) is 2.98. The number of nitrogens with zero attached hydrogens (tertiary/aromatic N) is 3. The zero-order chi connectivity index (χ0) is 14.4. The smallest absolute Gasteiger partial charge is 0.322 e. The number of nitrogens with one attached hydrogen (secondary N) is 1. The van der Waals surface area contributed by atoms with E-state index in [1.807, 2.05) is 31.2 Å². The second-order valence-electron chi connectivity index (χ2n) is 3.88. The molecule has 1 aromatic heterocycles. The van der Waals surface area contributed by atoms with Gasteiger partial charge in [-0.2, -0.15) is 15.0 Å². The molecule has 0 aliphatic carbocycles. The third-order valence-corrected chi connectivity index (χ3v) is 2.62. The maximum Gasteiger partial charge on any atom is 0.322 e. The lowest BCUT2D eigenvalue weighted by Crippen LogP contribution is -2.06. The third-order valence-electron chi connectivity index (χ3n) is 2.45. The van der Waals surface area contributed by atoms with Gasteiger partial charge in [0.15, 0.2) is 0 Å². The number of methoxy groups -OCH3 is 1. The molecule has 0 saturated heterocycles. The summed E-state index contributed by atoms with van der Waals surface area (Å²) in [7, 11) is 1.63. The Morgan fingerprint density at radius 3 is 2.55 bits per heavy atom. The van der Waals surface area contributed by atoms with Crippen LogP contribution in [0.5, 0.6) is 11.8 Å². The standard InChI is InChI=1S/C13H15ClN4O2/c1-3-15-12-16-11(14)17-13(18-12)20-8-9-4-6-10(19-2)7-5-9/h4-7H,3,8H2,1-2H3,(H,15,16,17,18). The van der Waals surface area contributed by atoms with E-state index >= 15 is 0 Å². The van der Waals surface area contributed by atoms with Crippen molar-refractivity contribution in [1.29, 1.82) is 0 Å². The number of rotatable bonds is 6. The molecule has 0 unspecified atom stereocenters. The van der Waals surface area contributed by atoms with Gasteiger partial charge in [-0.05, 0) is 36.2 Å². The average molecular weight is 295 g/mol. The van der Waals surface area contributed by atoms with Crippen LogP contribution in [0, 0.1) is 0 Å². The molecular formula is C13H15ClN4O2. The zero-order valence-electron chi connectivity index (χ0n) is 11.3. The van der Waals surface area contributed by atoms with Gasteiger partial charge in [0, 0.05) is 6.54 Å². The zero-order valence-corrected chi connectivity index (χ0v) is 12.0. The van der Waals surface area contributed by atoms with Crippen molar-refractivity contribution in [1.82, 2.24) is 15.0 Å². The molecule has 1 aromatic carbocycles. The van der Waals surface area contributed by atoms with Crippen molar-refractivity contribution in [2.24, 2.45) is 0 Å². The molecule has 0 radical (unpaired) electrons. The van der Waals surface area contributed by atoms with Crippen LogP contribution in [0.4, 0.5) is 5.95 Å². The highest BCUT2D eigenvalue weighted by molar-refractivity contribution is 6.28. The Morgan fingerprint density at radius 2 is 1.90 bits per heavy atom. The van der Waals surface area contributed by atoms with Crippen LogP contribution in [0.3, 0.4) is 0 Å². The van der Waals surface area contributed by atoms with Crippen LogP contribution in [-0.4, -0.2) is 28.6 Å². The highest BCUT2D eigenvalue weighted by atomic mass is 35.5. The summed E-state index contributed by atoms with van der Waals surface area (Å²) in [5.74, 6) is 1.20. The third kappa shape index (κ3) is 3.96. The molecule has 106 valence electrons. The van der Waals surface area contributed by atoms with Crippen LogP contribution in [0.15, 0.2) is 24.3 Å². The molecule has 0 aliphatic rings. The molecule has 2 aromatic rings. The summed E-state index contributed by atoms with van der Waals surface area (Å²) in [6, 6.07) is 7.74. The Kier molecular flexibility index (Phi) is 4.95. The lowest BCUT2D eigenvalue weighted by Gasteiger charge is -2.07. The van der Waals surface area contributed by atoms with Gasteiger partial charge in [-0.15, -0.1) is 0 Å². The van der Waals surface area contributed by atoms with E-state index in [2.05, 4.69) is 20.3 Å². The number of ether oxygens (including phenoxy) is 2. The van der Waals surface area contributed by atoms with Gasteiger partial charge in [0.2, 0.25) is 11.2 Å². The summed E-state index contributed by atoms with van der Waals surface area (Å²) in [6.07, 6.45) is 0. The topological polar surface area (TPSA) is 69.2 Å². The Balaban J connectivity index is 2.02. The number of benzene rings is 1. The number of hydrogen-bond acceptors (Lipinski definition) is 6.